The number of aliphatic hydroxyl groups is 2. The second-order valence-electron chi connectivity index (χ2n) is 3.67. The molecule has 0 spiro atoms. The Balaban J connectivity index is 3.03. The minimum absolute atomic E-state index is 0.0197. The van der Waals surface area contributed by atoms with Gasteiger partial charge in [0.1, 0.15) is 6.10 Å². The number of aromatic carboxylic acids is 1. The molecular formula is C11H15NO4S. The number of hydrogen-bond acceptors (Lipinski definition) is 5. The van der Waals surface area contributed by atoms with Gasteiger partial charge in [-0.05, 0) is 30.4 Å². The Morgan fingerprint density at radius 3 is 2.59 bits per heavy atom. The van der Waals surface area contributed by atoms with Gasteiger partial charge in [-0.1, -0.05) is 0 Å². The van der Waals surface area contributed by atoms with E-state index in [9.17, 15) is 15.0 Å². The number of carboxylic acid groups (broad SMARTS) is 1. The van der Waals surface area contributed by atoms with Crippen molar-refractivity contribution in [3.63, 3.8) is 0 Å². The predicted octanol–water partition coefficient (Wildman–Crippen LogP) is 0.681. The third-order valence-corrected chi connectivity index (χ3v) is 2.70. The minimum atomic E-state index is -1.21. The van der Waals surface area contributed by atoms with Gasteiger partial charge in [-0.2, -0.15) is 12.6 Å². The molecule has 0 radical (unpaired) electrons. The number of thiol groups is 1. The molecule has 5 nitrogen and oxygen atoms in total. The third kappa shape index (κ3) is 3.36. The minimum Gasteiger partial charge on any atom is -0.478 e. The van der Waals surface area contributed by atoms with Crippen molar-refractivity contribution in [2.75, 3.05) is 11.5 Å². The Hall–Kier alpha value is -1.24. The number of nitrogen functional groups attached to an aromatic ring is 1. The van der Waals surface area contributed by atoms with E-state index in [1.54, 1.807) is 0 Å². The summed E-state index contributed by atoms with van der Waals surface area (Å²) in [5.74, 6) is -0.696. The Bertz CT molecular complexity index is 410. The van der Waals surface area contributed by atoms with E-state index in [4.69, 9.17) is 10.8 Å². The first-order valence-corrected chi connectivity index (χ1v) is 5.70. The van der Waals surface area contributed by atoms with Crippen LogP contribution in [0.1, 0.15) is 28.4 Å². The van der Waals surface area contributed by atoms with Gasteiger partial charge in [-0.25, -0.2) is 4.79 Å². The zero-order valence-electron chi connectivity index (χ0n) is 9.08. The van der Waals surface area contributed by atoms with Crippen molar-refractivity contribution in [2.45, 2.75) is 18.6 Å². The van der Waals surface area contributed by atoms with E-state index in [-0.39, 0.29) is 16.8 Å². The third-order valence-electron chi connectivity index (χ3n) is 2.44. The summed E-state index contributed by atoms with van der Waals surface area (Å²) in [5.41, 5.74) is 6.13. The summed E-state index contributed by atoms with van der Waals surface area (Å²) < 4.78 is 0. The molecule has 0 aliphatic carbocycles. The van der Waals surface area contributed by atoms with E-state index in [1.165, 1.54) is 18.2 Å². The van der Waals surface area contributed by atoms with Gasteiger partial charge in [0.25, 0.3) is 0 Å². The van der Waals surface area contributed by atoms with Gasteiger partial charge < -0.3 is 21.1 Å². The number of aliphatic hydroxyl groups excluding tert-OH is 2. The van der Waals surface area contributed by atoms with Crippen molar-refractivity contribution >= 4 is 24.3 Å². The summed E-state index contributed by atoms with van der Waals surface area (Å²) in [7, 11) is 0. The van der Waals surface area contributed by atoms with Crippen LogP contribution in [0.2, 0.25) is 0 Å². The average Bonchev–Trinajstić information content (AvgIpc) is 2.28. The first-order chi connectivity index (χ1) is 7.97. The lowest BCUT2D eigenvalue weighted by molar-refractivity contribution is 0.0176. The average molecular weight is 257 g/mol. The second-order valence-corrected chi connectivity index (χ2v) is 4.12. The summed E-state index contributed by atoms with van der Waals surface area (Å²) in [5, 5.41) is 28.3. The van der Waals surface area contributed by atoms with Crippen LogP contribution in [-0.4, -0.2) is 33.1 Å². The highest BCUT2D eigenvalue weighted by molar-refractivity contribution is 7.80. The van der Waals surface area contributed by atoms with E-state index >= 15 is 0 Å². The molecule has 1 aromatic carbocycles. The molecule has 1 rings (SSSR count). The number of hydrogen-bond donors (Lipinski definition) is 5. The van der Waals surface area contributed by atoms with Crippen LogP contribution in [0, 0.1) is 0 Å². The van der Waals surface area contributed by atoms with Crippen molar-refractivity contribution in [3.05, 3.63) is 29.3 Å². The summed E-state index contributed by atoms with van der Waals surface area (Å²) in [6, 6.07) is 4.01. The second kappa shape index (κ2) is 5.90. The summed E-state index contributed by atoms with van der Waals surface area (Å²) in [4.78, 5) is 10.8. The Morgan fingerprint density at radius 1 is 1.41 bits per heavy atom. The molecule has 2 unspecified atom stereocenters. The molecule has 0 saturated carbocycles. The molecule has 0 aliphatic rings. The summed E-state index contributed by atoms with van der Waals surface area (Å²) >= 11 is 3.95. The molecule has 1 aromatic rings. The number of anilines is 1. The normalized spacial score (nSPS) is 14.3. The molecule has 0 saturated heterocycles. The lowest BCUT2D eigenvalue weighted by Crippen LogP contribution is -2.20. The van der Waals surface area contributed by atoms with Gasteiger partial charge >= 0.3 is 5.97 Å². The maximum absolute atomic E-state index is 10.8. The van der Waals surface area contributed by atoms with Crippen LogP contribution in [0.5, 0.6) is 0 Å². The quantitative estimate of drug-likeness (QED) is 0.394. The van der Waals surface area contributed by atoms with E-state index in [1.807, 2.05) is 0 Å². The molecule has 0 fully saturated rings. The van der Waals surface area contributed by atoms with Gasteiger partial charge in [-0.15, -0.1) is 0 Å². The van der Waals surface area contributed by atoms with Crippen LogP contribution in [0.3, 0.4) is 0 Å². The molecule has 5 N–H and O–H groups in total. The van der Waals surface area contributed by atoms with Gasteiger partial charge in [-0.3, -0.25) is 0 Å². The van der Waals surface area contributed by atoms with Gasteiger partial charge in [0.2, 0.25) is 0 Å². The van der Waals surface area contributed by atoms with Gasteiger partial charge in [0.15, 0.2) is 0 Å². The first kappa shape index (κ1) is 13.8. The Labute approximate surface area is 104 Å². The lowest BCUT2D eigenvalue weighted by atomic mass is 9.99. The van der Waals surface area contributed by atoms with E-state index < -0.39 is 18.2 Å². The van der Waals surface area contributed by atoms with E-state index in [0.717, 1.165) is 0 Å². The maximum atomic E-state index is 10.8. The van der Waals surface area contributed by atoms with Crippen LogP contribution in [0.4, 0.5) is 5.69 Å². The molecule has 2 atom stereocenters. The van der Waals surface area contributed by atoms with Crippen LogP contribution in [0.25, 0.3) is 0 Å². The van der Waals surface area contributed by atoms with Crippen molar-refractivity contribution in [2.24, 2.45) is 0 Å². The van der Waals surface area contributed by atoms with Crippen LogP contribution in [0.15, 0.2) is 18.2 Å². The molecule has 6 heteroatoms. The fraction of sp³-hybridized carbons (Fsp3) is 0.364. The topological polar surface area (TPSA) is 104 Å². The molecule has 0 heterocycles. The highest BCUT2D eigenvalue weighted by Gasteiger charge is 2.21. The SMILES string of the molecule is Nc1ccc(C(=O)O)cc1C(O)C(O)CCS. The van der Waals surface area contributed by atoms with Crippen molar-refractivity contribution < 1.29 is 20.1 Å². The van der Waals surface area contributed by atoms with Crippen LogP contribution >= 0.6 is 12.6 Å². The number of carbonyl (C=O) groups is 1. The molecule has 0 aliphatic heterocycles. The Kier molecular flexibility index (Phi) is 4.80. The van der Waals surface area contributed by atoms with E-state index in [0.29, 0.717) is 12.2 Å². The number of carboxylic acids is 1. The van der Waals surface area contributed by atoms with Gasteiger partial charge in [0.05, 0.1) is 11.7 Å². The smallest absolute Gasteiger partial charge is 0.335 e. The number of benzene rings is 1. The molecular weight excluding hydrogens is 242 g/mol. The largest absolute Gasteiger partial charge is 0.478 e. The fourth-order valence-electron chi connectivity index (χ4n) is 1.46. The number of rotatable bonds is 5. The van der Waals surface area contributed by atoms with Crippen molar-refractivity contribution in [3.8, 4) is 0 Å². The zero-order valence-corrected chi connectivity index (χ0v) is 9.97. The first-order valence-electron chi connectivity index (χ1n) is 5.07. The van der Waals surface area contributed by atoms with Crippen LogP contribution < -0.4 is 5.73 Å². The fourth-order valence-corrected chi connectivity index (χ4v) is 1.73. The van der Waals surface area contributed by atoms with Crippen molar-refractivity contribution in [1.82, 2.24) is 0 Å². The molecule has 0 aromatic heterocycles. The highest BCUT2D eigenvalue weighted by Crippen LogP contribution is 2.26. The maximum Gasteiger partial charge on any atom is 0.335 e. The summed E-state index contributed by atoms with van der Waals surface area (Å²) in [6.45, 7) is 0. The van der Waals surface area contributed by atoms with Gasteiger partial charge in [0, 0.05) is 11.3 Å². The summed E-state index contributed by atoms with van der Waals surface area (Å²) in [6.07, 6.45) is -1.93. The molecule has 0 bridgehead atoms. The van der Waals surface area contributed by atoms with E-state index in [2.05, 4.69) is 12.6 Å². The monoisotopic (exact) mass is 257 g/mol. The Morgan fingerprint density at radius 2 is 2.06 bits per heavy atom. The standard InChI is InChI=1S/C11H15NO4S/c12-8-2-1-6(11(15)16)5-7(8)10(14)9(13)3-4-17/h1-2,5,9-10,13-14,17H,3-4,12H2,(H,15,16). The van der Waals surface area contributed by atoms with Crippen LogP contribution in [-0.2, 0) is 0 Å². The number of nitrogens with two attached hydrogens (primary N) is 1. The highest BCUT2D eigenvalue weighted by atomic mass is 32.1. The molecule has 17 heavy (non-hydrogen) atoms. The zero-order chi connectivity index (χ0) is 13.0. The predicted molar refractivity (Wildman–Crippen MR) is 67.3 cm³/mol. The molecule has 94 valence electrons. The van der Waals surface area contributed by atoms with Crippen molar-refractivity contribution in [1.29, 1.82) is 0 Å². The lowest BCUT2D eigenvalue weighted by Gasteiger charge is -2.19. The molecule has 0 amide bonds.